The average Bonchev–Trinajstić information content (AvgIpc) is 2.63. The molecule has 3 aromatic rings. The van der Waals surface area contributed by atoms with Gasteiger partial charge in [-0.2, -0.15) is 0 Å². The second-order valence-corrected chi connectivity index (χ2v) is 5.43. The van der Waals surface area contributed by atoms with Crippen molar-refractivity contribution in [3.05, 3.63) is 83.7 Å². The molecule has 0 fully saturated rings. The Kier molecular flexibility index (Phi) is 4.57. The largest absolute Gasteiger partial charge is 0.508 e. The lowest BCUT2D eigenvalue weighted by Gasteiger charge is -2.10. The molecular weight excluding hydrogens is 321 g/mol. The molecule has 0 aliphatic heterocycles. The maximum absolute atomic E-state index is 13.0. The molecule has 0 saturated carbocycles. The average molecular weight is 335 g/mol. The number of carbonyl (C=O) groups is 2. The molecule has 3 rings (SSSR count). The number of phenols is 1. The summed E-state index contributed by atoms with van der Waals surface area (Å²) in [5.74, 6) is -0.719. The SMILES string of the molecule is O=Cc1ccc(-c2ccc(O)cc2)cc1NC(=O)c1ccc(F)cc1. The van der Waals surface area contributed by atoms with Gasteiger partial charge >= 0.3 is 0 Å². The molecule has 4 nitrogen and oxygen atoms in total. The van der Waals surface area contributed by atoms with Crippen molar-refractivity contribution in [2.45, 2.75) is 0 Å². The second kappa shape index (κ2) is 6.97. The molecule has 0 radical (unpaired) electrons. The van der Waals surface area contributed by atoms with Gasteiger partial charge in [-0.05, 0) is 59.7 Å². The number of phenolic OH excluding ortho intramolecular Hbond substituents is 1. The fourth-order valence-corrected chi connectivity index (χ4v) is 2.40. The zero-order valence-corrected chi connectivity index (χ0v) is 13.1. The standard InChI is InChI=1S/C20H14FNO3/c21-17-7-3-14(4-8-17)20(25)22-19-11-15(1-2-16(19)12-23)13-5-9-18(24)10-6-13/h1-12,24H,(H,22,25). The topological polar surface area (TPSA) is 66.4 Å². The molecule has 0 aliphatic rings. The van der Waals surface area contributed by atoms with Crippen molar-refractivity contribution in [2.75, 3.05) is 5.32 Å². The highest BCUT2D eigenvalue weighted by Gasteiger charge is 2.11. The highest BCUT2D eigenvalue weighted by Crippen LogP contribution is 2.27. The van der Waals surface area contributed by atoms with Crippen LogP contribution in [-0.2, 0) is 0 Å². The van der Waals surface area contributed by atoms with Gasteiger partial charge in [-0.25, -0.2) is 4.39 Å². The zero-order chi connectivity index (χ0) is 17.8. The van der Waals surface area contributed by atoms with Crippen LogP contribution in [0.15, 0.2) is 66.7 Å². The highest BCUT2D eigenvalue weighted by molar-refractivity contribution is 6.06. The van der Waals surface area contributed by atoms with E-state index in [0.29, 0.717) is 17.5 Å². The third kappa shape index (κ3) is 3.72. The van der Waals surface area contributed by atoms with Crippen molar-refractivity contribution >= 4 is 17.9 Å². The molecule has 25 heavy (non-hydrogen) atoms. The number of nitrogens with one attached hydrogen (secondary N) is 1. The van der Waals surface area contributed by atoms with E-state index in [0.717, 1.165) is 11.1 Å². The smallest absolute Gasteiger partial charge is 0.255 e. The Hall–Kier alpha value is -3.47. The number of benzene rings is 3. The van der Waals surface area contributed by atoms with Crippen LogP contribution in [0.2, 0.25) is 0 Å². The Morgan fingerprint density at radius 3 is 2.20 bits per heavy atom. The first kappa shape index (κ1) is 16.4. The van der Waals surface area contributed by atoms with Gasteiger partial charge in [-0.3, -0.25) is 9.59 Å². The van der Waals surface area contributed by atoms with Gasteiger partial charge in [-0.1, -0.05) is 18.2 Å². The van der Waals surface area contributed by atoms with Crippen LogP contribution in [0.25, 0.3) is 11.1 Å². The van der Waals surface area contributed by atoms with E-state index in [9.17, 15) is 19.1 Å². The van der Waals surface area contributed by atoms with Gasteiger partial charge in [0.25, 0.3) is 5.91 Å². The van der Waals surface area contributed by atoms with Crippen molar-refractivity contribution in [2.24, 2.45) is 0 Å². The summed E-state index contributed by atoms with van der Waals surface area (Å²) in [6.07, 6.45) is 0.654. The van der Waals surface area contributed by atoms with E-state index in [1.165, 1.54) is 24.3 Å². The van der Waals surface area contributed by atoms with E-state index in [4.69, 9.17) is 0 Å². The summed E-state index contributed by atoms with van der Waals surface area (Å²) in [7, 11) is 0. The van der Waals surface area contributed by atoms with Crippen LogP contribution >= 0.6 is 0 Å². The van der Waals surface area contributed by atoms with Gasteiger partial charge in [0.1, 0.15) is 11.6 Å². The first-order valence-corrected chi connectivity index (χ1v) is 7.52. The van der Waals surface area contributed by atoms with Crippen LogP contribution in [0.1, 0.15) is 20.7 Å². The molecule has 0 spiro atoms. The number of halogens is 1. The van der Waals surface area contributed by atoms with Crippen molar-refractivity contribution in [3.8, 4) is 16.9 Å². The molecule has 0 heterocycles. The molecular formula is C20H14FNO3. The number of hydrogen-bond acceptors (Lipinski definition) is 3. The summed E-state index contributed by atoms with van der Waals surface area (Å²) >= 11 is 0. The van der Waals surface area contributed by atoms with Crippen LogP contribution in [0.5, 0.6) is 5.75 Å². The predicted octanol–water partition coefficient (Wildman–Crippen LogP) is 4.26. The number of anilines is 1. The van der Waals surface area contributed by atoms with E-state index in [1.54, 1.807) is 42.5 Å². The number of rotatable bonds is 4. The lowest BCUT2D eigenvalue weighted by molar-refractivity contribution is 0.102. The molecule has 2 N–H and O–H groups in total. The Bertz CT molecular complexity index is 919. The fourth-order valence-electron chi connectivity index (χ4n) is 2.40. The summed E-state index contributed by atoms with van der Waals surface area (Å²) in [4.78, 5) is 23.6. The minimum atomic E-state index is -0.439. The maximum Gasteiger partial charge on any atom is 0.255 e. The van der Waals surface area contributed by atoms with Crippen LogP contribution in [0, 0.1) is 5.82 Å². The molecule has 5 heteroatoms. The quantitative estimate of drug-likeness (QED) is 0.700. The van der Waals surface area contributed by atoms with Gasteiger partial charge in [0.05, 0.1) is 5.69 Å². The predicted molar refractivity (Wildman–Crippen MR) is 93.3 cm³/mol. The number of carbonyl (C=O) groups excluding carboxylic acids is 2. The lowest BCUT2D eigenvalue weighted by Crippen LogP contribution is -2.13. The van der Waals surface area contributed by atoms with Gasteiger partial charge in [-0.15, -0.1) is 0 Å². The summed E-state index contributed by atoms with van der Waals surface area (Å²) in [5.41, 5.74) is 2.58. The van der Waals surface area contributed by atoms with Crippen molar-refractivity contribution in [1.82, 2.24) is 0 Å². The third-order valence-electron chi connectivity index (χ3n) is 3.74. The van der Waals surface area contributed by atoms with Crippen LogP contribution in [0.3, 0.4) is 0 Å². The van der Waals surface area contributed by atoms with E-state index >= 15 is 0 Å². The molecule has 0 unspecified atom stereocenters. The minimum Gasteiger partial charge on any atom is -0.508 e. The van der Waals surface area contributed by atoms with Crippen molar-refractivity contribution in [3.63, 3.8) is 0 Å². The normalized spacial score (nSPS) is 10.3. The fraction of sp³-hybridized carbons (Fsp3) is 0. The molecule has 0 aliphatic carbocycles. The Balaban J connectivity index is 1.92. The highest BCUT2D eigenvalue weighted by atomic mass is 19.1. The first-order valence-electron chi connectivity index (χ1n) is 7.52. The number of aldehydes is 1. The van der Waals surface area contributed by atoms with E-state index in [-0.39, 0.29) is 11.3 Å². The molecule has 0 aromatic heterocycles. The maximum atomic E-state index is 13.0. The van der Waals surface area contributed by atoms with E-state index < -0.39 is 11.7 Å². The Morgan fingerprint density at radius 2 is 1.56 bits per heavy atom. The second-order valence-electron chi connectivity index (χ2n) is 5.43. The van der Waals surface area contributed by atoms with Crippen molar-refractivity contribution in [1.29, 1.82) is 0 Å². The molecule has 124 valence electrons. The number of amides is 1. The number of hydrogen-bond donors (Lipinski definition) is 2. The molecule has 1 amide bonds. The molecule has 0 atom stereocenters. The van der Waals surface area contributed by atoms with Crippen LogP contribution in [-0.4, -0.2) is 17.3 Å². The molecule has 3 aromatic carbocycles. The summed E-state index contributed by atoms with van der Waals surface area (Å²) in [6, 6.07) is 16.7. The molecule has 0 bridgehead atoms. The van der Waals surface area contributed by atoms with Crippen LogP contribution < -0.4 is 5.32 Å². The number of aromatic hydroxyl groups is 1. The monoisotopic (exact) mass is 335 g/mol. The Labute approximate surface area is 143 Å². The van der Waals surface area contributed by atoms with Gasteiger partial charge in [0, 0.05) is 11.1 Å². The van der Waals surface area contributed by atoms with Gasteiger partial charge in [0.2, 0.25) is 0 Å². The molecule has 0 saturated heterocycles. The Morgan fingerprint density at radius 1 is 0.920 bits per heavy atom. The van der Waals surface area contributed by atoms with Gasteiger partial charge < -0.3 is 10.4 Å². The summed E-state index contributed by atoms with van der Waals surface area (Å²) < 4.78 is 13.0. The van der Waals surface area contributed by atoms with E-state index in [1.807, 2.05) is 0 Å². The van der Waals surface area contributed by atoms with Gasteiger partial charge in [0.15, 0.2) is 6.29 Å². The van der Waals surface area contributed by atoms with Crippen LogP contribution in [0.4, 0.5) is 10.1 Å². The zero-order valence-electron chi connectivity index (χ0n) is 13.1. The third-order valence-corrected chi connectivity index (χ3v) is 3.74. The minimum absolute atomic E-state index is 0.151. The van der Waals surface area contributed by atoms with E-state index in [2.05, 4.69) is 5.32 Å². The lowest BCUT2D eigenvalue weighted by atomic mass is 10.0. The first-order chi connectivity index (χ1) is 12.1. The summed E-state index contributed by atoms with van der Waals surface area (Å²) in [6.45, 7) is 0. The van der Waals surface area contributed by atoms with Crippen molar-refractivity contribution < 1.29 is 19.1 Å². The summed E-state index contributed by atoms with van der Waals surface area (Å²) in [5, 5.41) is 12.1.